The molecule has 0 bridgehead atoms. The number of sulfonamides is 1. The van der Waals surface area contributed by atoms with Crippen molar-refractivity contribution >= 4 is 32.4 Å². The van der Waals surface area contributed by atoms with Gasteiger partial charge in [0.1, 0.15) is 0 Å². The third-order valence-electron chi connectivity index (χ3n) is 5.21. The molecule has 1 aliphatic carbocycles. The highest BCUT2D eigenvalue weighted by Crippen LogP contribution is 2.33. The summed E-state index contributed by atoms with van der Waals surface area (Å²) >= 11 is 0. The average Bonchev–Trinajstić information content (AvgIpc) is 2.96. The molecule has 2 N–H and O–H groups in total. The lowest BCUT2D eigenvalue weighted by molar-refractivity contribution is 0.0974. The number of carbonyl (C=O) groups excluding carboxylic acids is 1. The molecule has 27 heavy (non-hydrogen) atoms. The SMILES string of the molecule is Cc1ccc(C)c(NS(=O)(=O)c2cc3[nH]c4c(c3cc2C)C(=O)CCC4)c1. The van der Waals surface area contributed by atoms with E-state index < -0.39 is 10.0 Å². The standard InChI is InChI=1S/C21H22N2O3S/c1-12-7-8-13(2)17(9-12)23-27(25,26)20-11-18-15(10-14(20)3)21-16(22-18)5-4-6-19(21)24/h7-11,22-23H,4-6H2,1-3H3. The Labute approximate surface area is 158 Å². The molecule has 0 unspecified atom stereocenters. The largest absolute Gasteiger partial charge is 0.358 e. The minimum atomic E-state index is -3.74. The fraction of sp³-hybridized carbons (Fsp3) is 0.286. The number of aromatic nitrogens is 1. The van der Waals surface area contributed by atoms with E-state index in [0.717, 1.165) is 40.6 Å². The van der Waals surface area contributed by atoms with Gasteiger partial charge in [-0.2, -0.15) is 0 Å². The second kappa shape index (κ2) is 6.23. The molecule has 1 heterocycles. The number of aromatic amines is 1. The monoisotopic (exact) mass is 382 g/mol. The lowest BCUT2D eigenvalue weighted by Crippen LogP contribution is -2.15. The van der Waals surface area contributed by atoms with Crippen molar-refractivity contribution in [3.05, 3.63) is 58.3 Å². The highest BCUT2D eigenvalue weighted by atomic mass is 32.2. The summed E-state index contributed by atoms with van der Waals surface area (Å²) in [6.45, 7) is 5.57. The molecule has 0 saturated carbocycles. The zero-order valence-corrected chi connectivity index (χ0v) is 16.5. The number of hydrogen-bond acceptors (Lipinski definition) is 3. The van der Waals surface area contributed by atoms with Crippen LogP contribution in [0.2, 0.25) is 0 Å². The zero-order valence-electron chi connectivity index (χ0n) is 15.6. The van der Waals surface area contributed by atoms with Gasteiger partial charge in [-0.3, -0.25) is 9.52 Å². The maximum atomic E-state index is 13.0. The van der Waals surface area contributed by atoms with E-state index in [4.69, 9.17) is 0 Å². The number of aryl methyl sites for hydroxylation is 4. The molecule has 0 saturated heterocycles. The summed E-state index contributed by atoms with van der Waals surface area (Å²) in [5.41, 5.74) is 5.39. The molecule has 0 aliphatic heterocycles. The number of ketones is 1. The number of benzene rings is 2. The van der Waals surface area contributed by atoms with Crippen molar-refractivity contribution in [2.75, 3.05) is 4.72 Å². The van der Waals surface area contributed by atoms with Gasteiger partial charge in [-0.1, -0.05) is 12.1 Å². The van der Waals surface area contributed by atoms with Gasteiger partial charge in [0.15, 0.2) is 5.78 Å². The van der Waals surface area contributed by atoms with E-state index in [1.807, 2.05) is 38.1 Å². The van der Waals surface area contributed by atoms with Crippen LogP contribution in [0.15, 0.2) is 35.2 Å². The first-order chi connectivity index (χ1) is 12.8. The maximum Gasteiger partial charge on any atom is 0.262 e. The molecule has 0 atom stereocenters. The summed E-state index contributed by atoms with van der Waals surface area (Å²) in [6.07, 6.45) is 2.20. The molecule has 0 radical (unpaired) electrons. The molecule has 6 heteroatoms. The number of hydrogen-bond donors (Lipinski definition) is 2. The van der Waals surface area contributed by atoms with E-state index in [-0.39, 0.29) is 10.7 Å². The highest BCUT2D eigenvalue weighted by Gasteiger charge is 2.25. The van der Waals surface area contributed by atoms with Crippen LogP contribution in [0.1, 0.15) is 45.6 Å². The van der Waals surface area contributed by atoms with Gasteiger partial charge in [0, 0.05) is 28.6 Å². The van der Waals surface area contributed by atoms with Crippen LogP contribution in [0.25, 0.3) is 10.9 Å². The Balaban J connectivity index is 1.82. The van der Waals surface area contributed by atoms with Crippen molar-refractivity contribution < 1.29 is 13.2 Å². The molecule has 1 aromatic heterocycles. The summed E-state index contributed by atoms with van der Waals surface area (Å²) < 4.78 is 28.8. The molecule has 2 aromatic carbocycles. The lowest BCUT2D eigenvalue weighted by atomic mass is 9.94. The van der Waals surface area contributed by atoms with Crippen molar-refractivity contribution in [2.24, 2.45) is 0 Å². The fourth-order valence-corrected chi connectivity index (χ4v) is 5.15. The molecular weight excluding hydrogens is 360 g/mol. The Morgan fingerprint density at radius 1 is 1.00 bits per heavy atom. The normalized spacial score (nSPS) is 14.4. The Morgan fingerprint density at radius 2 is 1.78 bits per heavy atom. The predicted octanol–water partition coefficient (Wildman–Crippen LogP) is 4.41. The molecule has 5 nitrogen and oxygen atoms in total. The van der Waals surface area contributed by atoms with Crippen LogP contribution in [-0.4, -0.2) is 19.2 Å². The minimum absolute atomic E-state index is 0.131. The molecule has 0 spiro atoms. The molecule has 0 amide bonds. The second-order valence-electron chi connectivity index (χ2n) is 7.34. The van der Waals surface area contributed by atoms with Gasteiger partial charge in [0.25, 0.3) is 10.0 Å². The van der Waals surface area contributed by atoms with Crippen molar-refractivity contribution in [2.45, 2.75) is 44.9 Å². The summed E-state index contributed by atoms with van der Waals surface area (Å²) in [4.78, 5) is 15.8. The molecule has 1 aliphatic rings. The van der Waals surface area contributed by atoms with E-state index in [9.17, 15) is 13.2 Å². The number of carbonyl (C=O) groups is 1. The first-order valence-electron chi connectivity index (χ1n) is 9.05. The van der Waals surface area contributed by atoms with Crippen LogP contribution >= 0.6 is 0 Å². The quantitative estimate of drug-likeness (QED) is 0.704. The Bertz CT molecular complexity index is 1190. The minimum Gasteiger partial charge on any atom is -0.358 e. The van der Waals surface area contributed by atoms with E-state index in [1.165, 1.54) is 0 Å². The molecule has 140 valence electrons. The first kappa shape index (κ1) is 17.8. The zero-order chi connectivity index (χ0) is 19.3. The summed E-state index contributed by atoms with van der Waals surface area (Å²) in [6, 6.07) is 9.13. The van der Waals surface area contributed by atoms with Gasteiger partial charge in [-0.25, -0.2) is 8.42 Å². The maximum absolute atomic E-state index is 13.0. The van der Waals surface area contributed by atoms with Crippen molar-refractivity contribution in [1.29, 1.82) is 0 Å². The molecule has 4 rings (SSSR count). The summed E-state index contributed by atoms with van der Waals surface area (Å²) in [5.74, 6) is 0.131. The number of H-pyrrole nitrogens is 1. The predicted molar refractivity (Wildman–Crippen MR) is 107 cm³/mol. The van der Waals surface area contributed by atoms with Gasteiger partial charge in [0.05, 0.1) is 10.6 Å². The van der Waals surface area contributed by atoms with Gasteiger partial charge in [0.2, 0.25) is 0 Å². The lowest BCUT2D eigenvalue weighted by Gasteiger charge is -2.13. The first-order valence-corrected chi connectivity index (χ1v) is 10.5. The number of Topliss-reactive ketones (excluding diaryl/α,β-unsaturated/α-hetero) is 1. The van der Waals surface area contributed by atoms with Crippen molar-refractivity contribution in [3.63, 3.8) is 0 Å². The summed E-state index contributed by atoms with van der Waals surface area (Å²) in [7, 11) is -3.74. The Kier molecular flexibility index (Phi) is 4.11. The van der Waals surface area contributed by atoms with Crippen LogP contribution < -0.4 is 4.72 Å². The number of fused-ring (bicyclic) bond motifs is 3. The fourth-order valence-electron chi connectivity index (χ4n) is 3.78. The van der Waals surface area contributed by atoms with Crippen LogP contribution in [0.5, 0.6) is 0 Å². The molecule has 0 fully saturated rings. The molecule has 3 aromatic rings. The second-order valence-corrected chi connectivity index (χ2v) is 8.99. The smallest absolute Gasteiger partial charge is 0.262 e. The topological polar surface area (TPSA) is 79.0 Å². The van der Waals surface area contributed by atoms with E-state index >= 15 is 0 Å². The van der Waals surface area contributed by atoms with Gasteiger partial charge < -0.3 is 4.98 Å². The Hall–Kier alpha value is -2.60. The van der Waals surface area contributed by atoms with E-state index in [0.29, 0.717) is 23.2 Å². The van der Waals surface area contributed by atoms with Crippen LogP contribution in [0.3, 0.4) is 0 Å². The van der Waals surface area contributed by atoms with Crippen LogP contribution in [-0.2, 0) is 16.4 Å². The highest BCUT2D eigenvalue weighted by molar-refractivity contribution is 7.92. The van der Waals surface area contributed by atoms with Crippen molar-refractivity contribution in [1.82, 2.24) is 4.98 Å². The van der Waals surface area contributed by atoms with E-state index in [1.54, 1.807) is 13.0 Å². The third-order valence-corrected chi connectivity index (χ3v) is 6.72. The van der Waals surface area contributed by atoms with Crippen LogP contribution in [0.4, 0.5) is 5.69 Å². The third kappa shape index (κ3) is 3.04. The molecular formula is C21H22N2O3S. The Morgan fingerprint density at radius 3 is 2.56 bits per heavy atom. The number of anilines is 1. The van der Waals surface area contributed by atoms with Crippen molar-refractivity contribution in [3.8, 4) is 0 Å². The van der Waals surface area contributed by atoms with Gasteiger partial charge in [-0.15, -0.1) is 0 Å². The summed E-state index contributed by atoms with van der Waals surface area (Å²) in [5, 5.41) is 0.817. The van der Waals surface area contributed by atoms with Gasteiger partial charge in [-0.05, 0) is 68.5 Å². The van der Waals surface area contributed by atoms with Crippen LogP contribution in [0, 0.1) is 20.8 Å². The van der Waals surface area contributed by atoms with Gasteiger partial charge >= 0.3 is 0 Å². The number of nitrogens with one attached hydrogen (secondary N) is 2. The average molecular weight is 382 g/mol. The number of rotatable bonds is 3. The van der Waals surface area contributed by atoms with E-state index in [2.05, 4.69) is 9.71 Å².